The van der Waals surface area contributed by atoms with Crippen LogP contribution in [-0.4, -0.2) is 54.0 Å². The predicted molar refractivity (Wildman–Crippen MR) is 63.5 cm³/mol. The molecule has 0 aliphatic carbocycles. The van der Waals surface area contributed by atoms with Crippen molar-refractivity contribution >= 4 is 10.2 Å². The standard InChI is InChI=1S/C10H17N4O2S/c1-12(2)17(15,16)13-8-4-10(5-9-13)14-7-3-6-11-14/h6-7,10H,4-5,8-9H2,1-2H3. The van der Waals surface area contributed by atoms with Gasteiger partial charge >= 0.3 is 0 Å². The highest BCUT2D eigenvalue weighted by atomic mass is 32.2. The summed E-state index contributed by atoms with van der Waals surface area (Å²) in [5, 5.41) is 4.14. The lowest BCUT2D eigenvalue weighted by atomic mass is 10.1. The Morgan fingerprint density at radius 2 is 2.00 bits per heavy atom. The molecule has 2 heterocycles. The van der Waals surface area contributed by atoms with E-state index in [-0.39, 0.29) is 6.04 Å². The maximum Gasteiger partial charge on any atom is 0.281 e. The molecule has 1 aromatic rings. The van der Waals surface area contributed by atoms with Gasteiger partial charge in [-0.15, -0.1) is 0 Å². The summed E-state index contributed by atoms with van der Waals surface area (Å²) >= 11 is 0. The van der Waals surface area contributed by atoms with E-state index < -0.39 is 10.2 Å². The number of hydrogen-bond acceptors (Lipinski definition) is 3. The fraction of sp³-hybridized carbons (Fsp3) is 0.700. The first kappa shape index (κ1) is 12.5. The Labute approximate surface area is 102 Å². The average Bonchev–Trinajstić information content (AvgIpc) is 2.82. The van der Waals surface area contributed by atoms with Crippen LogP contribution in [0, 0.1) is 6.07 Å². The van der Waals surface area contributed by atoms with Crippen LogP contribution < -0.4 is 0 Å². The summed E-state index contributed by atoms with van der Waals surface area (Å²) in [6, 6.07) is 3.19. The first-order chi connectivity index (χ1) is 8.01. The minimum Gasteiger partial charge on any atom is -0.269 e. The number of rotatable bonds is 3. The molecule has 7 heteroatoms. The van der Waals surface area contributed by atoms with Gasteiger partial charge in [-0.25, -0.2) is 0 Å². The van der Waals surface area contributed by atoms with Crippen LogP contribution in [0.25, 0.3) is 0 Å². The largest absolute Gasteiger partial charge is 0.281 e. The summed E-state index contributed by atoms with van der Waals surface area (Å²) in [4.78, 5) is 0. The molecule has 6 nitrogen and oxygen atoms in total. The van der Waals surface area contributed by atoms with E-state index in [0.29, 0.717) is 13.1 Å². The Kier molecular flexibility index (Phi) is 3.50. The van der Waals surface area contributed by atoms with E-state index in [4.69, 9.17) is 0 Å². The van der Waals surface area contributed by atoms with Gasteiger partial charge < -0.3 is 0 Å². The second kappa shape index (κ2) is 4.75. The van der Waals surface area contributed by atoms with Gasteiger partial charge in [-0.1, -0.05) is 0 Å². The Bertz CT molecular complexity index is 447. The molecule has 1 radical (unpaired) electrons. The average molecular weight is 257 g/mol. The van der Waals surface area contributed by atoms with E-state index in [0.717, 1.165) is 12.8 Å². The van der Waals surface area contributed by atoms with Gasteiger partial charge in [0.25, 0.3) is 10.2 Å². The van der Waals surface area contributed by atoms with Crippen LogP contribution in [-0.2, 0) is 10.2 Å². The third kappa shape index (κ3) is 2.51. The Morgan fingerprint density at radius 3 is 2.47 bits per heavy atom. The second-order valence-electron chi connectivity index (χ2n) is 4.34. The van der Waals surface area contributed by atoms with Gasteiger partial charge in [-0.3, -0.25) is 4.68 Å². The second-order valence-corrected chi connectivity index (χ2v) is 6.48. The molecule has 1 saturated heterocycles. The highest BCUT2D eigenvalue weighted by molar-refractivity contribution is 7.86. The molecule has 1 aliphatic rings. The summed E-state index contributed by atoms with van der Waals surface area (Å²) in [6.07, 6.45) is 5.02. The van der Waals surface area contributed by atoms with E-state index in [1.54, 1.807) is 26.5 Å². The van der Waals surface area contributed by atoms with Crippen molar-refractivity contribution in [2.45, 2.75) is 18.9 Å². The molecule has 0 bridgehead atoms. The maximum atomic E-state index is 11.9. The summed E-state index contributed by atoms with van der Waals surface area (Å²) in [7, 11) is -0.144. The zero-order valence-corrected chi connectivity index (χ0v) is 10.9. The monoisotopic (exact) mass is 257 g/mol. The molecule has 1 aliphatic heterocycles. The van der Waals surface area contributed by atoms with Gasteiger partial charge in [-0.05, 0) is 12.8 Å². The van der Waals surface area contributed by atoms with Gasteiger partial charge in [0, 0.05) is 39.4 Å². The molecule has 2 rings (SSSR count). The fourth-order valence-corrected chi connectivity index (χ4v) is 3.15. The Balaban J connectivity index is 1.99. The molecular weight excluding hydrogens is 240 g/mol. The van der Waals surface area contributed by atoms with Crippen molar-refractivity contribution in [3.05, 3.63) is 18.5 Å². The summed E-state index contributed by atoms with van der Waals surface area (Å²) in [5.41, 5.74) is 0. The van der Waals surface area contributed by atoms with Crippen LogP contribution in [0.5, 0.6) is 0 Å². The van der Waals surface area contributed by atoms with E-state index in [1.807, 2.05) is 4.68 Å². The van der Waals surface area contributed by atoms with Crippen molar-refractivity contribution in [3.8, 4) is 0 Å². The Hall–Kier alpha value is -0.920. The molecule has 0 unspecified atom stereocenters. The van der Waals surface area contributed by atoms with Crippen molar-refractivity contribution in [2.75, 3.05) is 27.2 Å². The van der Waals surface area contributed by atoms with E-state index >= 15 is 0 Å². The van der Waals surface area contributed by atoms with E-state index in [9.17, 15) is 8.42 Å². The smallest absolute Gasteiger partial charge is 0.269 e. The van der Waals surface area contributed by atoms with Crippen LogP contribution in [0.4, 0.5) is 0 Å². The minimum atomic E-state index is -3.26. The fourth-order valence-electron chi connectivity index (χ4n) is 2.01. The third-order valence-electron chi connectivity index (χ3n) is 3.06. The van der Waals surface area contributed by atoms with Crippen molar-refractivity contribution in [1.29, 1.82) is 0 Å². The molecule has 0 spiro atoms. The van der Waals surface area contributed by atoms with Gasteiger partial charge in [0.15, 0.2) is 0 Å². The van der Waals surface area contributed by atoms with Crippen LogP contribution in [0.2, 0.25) is 0 Å². The molecule has 0 aromatic carbocycles. The lowest BCUT2D eigenvalue weighted by molar-refractivity contribution is 0.252. The number of nitrogens with zero attached hydrogens (tertiary/aromatic N) is 4. The quantitative estimate of drug-likeness (QED) is 0.773. The SMILES string of the molecule is CN(C)S(=O)(=O)N1CCC(n2c[c]cn2)CC1. The molecule has 1 aromatic heterocycles. The van der Waals surface area contributed by atoms with Crippen molar-refractivity contribution in [2.24, 2.45) is 0 Å². The molecule has 17 heavy (non-hydrogen) atoms. The van der Waals surface area contributed by atoms with Crippen molar-refractivity contribution < 1.29 is 8.42 Å². The maximum absolute atomic E-state index is 11.9. The Morgan fingerprint density at radius 1 is 1.35 bits per heavy atom. The third-order valence-corrected chi connectivity index (χ3v) is 5.00. The normalized spacial score (nSPS) is 19.9. The summed E-state index contributed by atoms with van der Waals surface area (Å²) < 4.78 is 28.4. The number of piperidine rings is 1. The van der Waals surface area contributed by atoms with Crippen LogP contribution in [0.3, 0.4) is 0 Å². The van der Waals surface area contributed by atoms with Crippen molar-refractivity contribution in [3.63, 3.8) is 0 Å². The van der Waals surface area contributed by atoms with Crippen LogP contribution in [0.1, 0.15) is 18.9 Å². The van der Waals surface area contributed by atoms with Crippen LogP contribution in [0.15, 0.2) is 12.4 Å². The lowest BCUT2D eigenvalue weighted by Crippen LogP contribution is -2.44. The highest BCUT2D eigenvalue weighted by Crippen LogP contribution is 2.23. The molecule has 0 N–H and O–H groups in total. The molecule has 0 atom stereocenters. The molecule has 0 amide bonds. The van der Waals surface area contributed by atoms with E-state index in [2.05, 4.69) is 11.2 Å². The van der Waals surface area contributed by atoms with Crippen LogP contribution >= 0.6 is 0 Å². The van der Waals surface area contributed by atoms with E-state index in [1.165, 1.54) is 8.61 Å². The first-order valence-corrected chi connectivity index (χ1v) is 6.99. The van der Waals surface area contributed by atoms with Crippen molar-refractivity contribution in [1.82, 2.24) is 18.4 Å². The van der Waals surface area contributed by atoms with Gasteiger partial charge in [0.1, 0.15) is 0 Å². The summed E-state index contributed by atoms with van der Waals surface area (Å²) in [5.74, 6) is 0. The predicted octanol–water partition coefficient (Wildman–Crippen LogP) is 0.127. The minimum absolute atomic E-state index is 0.287. The van der Waals surface area contributed by atoms with Gasteiger partial charge in [0.05, 0.1) is 12.2 Å². The zero-order valence-electron chi connectivity index (χ0n) is 10.1. The summed E-state index contributed by atoms with van der Waals surface area (Å²) in [6.45, 7) is 1.09. The molecular formula is C10H17N4O2S. The van der Waals surface area contributed by atoms with Gasteiger partial charge in [-0.2, -0.15) is 22.1 Å². The van der Waals surface area contributed by atoms with Gasteiger partial charge in [0.2, 0.25) is 0 Å². The number of aromatic nitrogens is 2. The highest BCUT2D eigenvalue weighted by Gasteiger charge is 2.30. The zero-order chi connectivity index (χ0) is 12.5. The number of hydrogen-bond donors (Lipinski definition) is 0. The topological polar surface area (TPSA) is 58.4 Å². The molecule has 0 saturated carbocycles. The first-order valence-electron chi connectivity index (χ1n) is 5.59. The lowest BCUT2D eigenvalue weighted by Gasteiger charge is -2.32. The molecule has 95 valence electrons. The molecule has 1 fully saturated rings.